The van der Waals surface area contributed by atoms with Crippen molar-refractivity contribution in [1.82, 2.24) is 15.5 Å². The normalized spacial score (nSPS) is 12.9. The second kappa shape index (κ2) is 9.70. The van der Waals surface area contributed by atoms with Crippen molar-refractivity contribution in [2.45, 2.75) is 49.8 Å². The number of hydrogen-bond donors (Lipinski definition) is 1. The summed E-state index contributed by atoms with van der Waals surface area (Å²) in [5, 5.41) is 10.1. The van der Waals surface area contributed by atoms with Crippen molar-refractivity contribution >= 4 is 27.5 Å². The Balaban J connectivity index is 1.85. The van der Waals surface area contributed by atoms with Crippen molar-refractivity contribution in [3.05, 3.63) is 76.6 Å². The molecule has 0 spiro atoms. The molecule has 0 bridgehead atoms. The Kier molecular flexibility index (Phi) is 7.20. The number of carbonyl (C=O) groups is 1. The number of sulfone groups is 1. The molecule has 170 valence electrons. The van der Waals surface area contributed by atoms with E-state index in [2.05, 4.69) is 15.5 Å². The number of hydrogen-bond acceptors (Lipinski definition) is 7. The van der Waals surface area contributed by atoms with E-state index in [1.807, 2.05) is 30.3 Å². The molecule has 0 aliphatic rings. The van der Waals surface area contributed by atoms with Crippen LogP contribution >= 0.6 is 11.6 Å². The van der Waals surface area contributed by atoms with Crippen molar-refractivity contribution < 1.29 is 22.4 Å². The molecule has 0 saturated heterocycles. The third kappa shape index (κ3) is 6.54. The Morgan fingerprint density at radius 1 is 1.09 bits per heavy atom. The van der Waals surface area contributed by atoms with Crippen LogP contribution in [0, 0.1) is 0 Å². The van der Waals surface area contributed by atoms with Gasteiger partial charge >= 0.3 is 11.3 Å². The molecule has 0 saturated carbocycles. The van der Waals surface area contributed by atoms with Crippen molar-refractivity contribution in [2.75, 3.05) is 0 Å². The van der Waals surface area contributed by atoms with Crippen molar-refractivity contribution in [1.29, 1.82) is 0 Å². The van der Waals surface area contributed by atoms with Gasteiger partial charge in [-0.15, -0.1) is 5.10 Å². The SMILES string of the molecule is CC(C)(C)OC(=O)N[C@@H](Cc1ccccc1)c1nnc(S(=O)(=O)Cc2ccccc2Cl)o1. The quantitative estimate of drug-likeness (QED) is 0.533. The minimum Gasteiger partial charge on any atom is -0.444 e. The molecule has 10 heteroatoms. The van der Waals surface area contributed by atoms with Gasteiger partial charge < -0.3 is 14.5 Å². The van der Waals surface area contributed by atoms with Gasteiger partial charge in [0, 0.05) is 11.4 Å². The monoisotopic (exact) mass is 477 g/mol. The molecule has 0 fully saturated rings. The molecular formula is C22H24ClN3O5S. The zero-order valence-corrected chi connectivity index (χ0v) is 19.5. The number of alkyl carbamates (subject to hydrolysis) is 1. The number of benzene rings is 2. The molecule has 0 aliphatic heterocycles. The van der Waals surface area contributed by atoms with Crippen molar-refractivity contribution in [3.63, 3.8) is 0 Å². The molecule has 3 rings (SSSR count). The van der Waals surface area contributed by atoms with Crippen LogP contribution < -0.4 is 5.32 Å². The molecule has 0 unspecified atom stereocenters. The van der Waals surface area contributed by atoms with Crippen molar-refractivity contribution in [3.8, 4) is 0 Å². The molecule has 1 aromatic heterocycles. The van der Waals surface area contributed by atoms with Crippen LogP contribution in [0.3, 0.4) is 0 Å². The average molecular weight is 478 g/mol. The first-order valence-corrected chi connectivity index (χ1v) is 11.9. The van der Waals surface area contributed by atoms with E-state index < -0.39 is 38.5 Å². The average Bonchev–Trinajstić information content (AvgIpc) is 3.20. The lowest BCUT2D eigenvalue weighted by Crippen LogP contribution is -2.36. The van der Waals surface area contributed by atoms with E-state index in [-0.39, 0.29) is 5.89 Å². The zero-order valence-electron chi connectivity index (χ0n) is 17.9. The van der Waals surface area contributed by atoms with E-state index in [1.165, 1.54) is 0 Å². The summed E-state index contributed by atoms with van der Waals surface area (Å²) in [4.78, 5) is 12.4. The largest absolute Gasteiger partial charge is 0.444 e. The fraction of sp³-hybridized carbons (Fsp3) is 0.318. The lowest BCUT2D eigenvalue weighted by molar-refractivity contribution is 0.0494. The Morgan fingerprint density at radius 2 is 1.75 bits per heavy atom. The second-order valence-corrected chi connectivity index (χ2v) is 10.4. The summed E-state index contributed by atoms with van der Waals surface area (Å²) in [7, 11) is -3.95. The van der Waals surface area contributed by atoms with Gasteiger partial charge in [-0.2, -0.15) is 0 Å². The van der Waals surface area contributed by atoms with Gasteiger partial charge in [0.1, 0.15) is 11.6 Å². The first-order chi connectivity index (χ1) is 15.0. The van der Waals surface area contributed by atoms with Gasteiger partial charge in [0.2, 0.25) is 15.7 Å². The van der Waals surface area contributed by atoms with E-state index in [0.29, 0.717) is 17.0 Å². The predicted octanol–water partition coefficient (Wildman–Crippen LogP) is 4.51. The molecule has 2 aromatic carbocycles. The molecular weight excluding hydrogens is 454 g/mol. The van der Waals surface area contributed by atoms with E-state index in [9.17, 15) is 13.2 Å². The lowest BCUT2D eigenvalue weighted by Gasteiger charge is -2.22. The summed E-state index contributed by atoms with van der Waals surface area (Å²) in [6.07, 6.45) is -0.385. The lowest BCUT2D eigenvalue weighted by atomic mass is 10.1. The molecule has 1 amide bonds. The third-order valence-electron chi connectivity index (χ3n) is 4.26. The van der Waals surface area contributed by atoms with Gasteiger partial charge in [-0.1, -0.05) is 65.2 Å². The molecule has 8 nitrogen and oxygen atoms in total. The molecule has 1 N–H and O–H groups in total. The summed E-state index contributed by atoms with van der Waals surface area (Å²) in [5.41, 5.74) is 0.591. The maximum Gasteiger partial charge on any atom is 0.408 e. The van der Waals surface area contributed by atoms with E-state index >= 15 is 0 Å². The first-order valence-electron chi connectivity index (χ1n) is 9.86. The molecule has 32 heavy (non-hydrogen) atoms. The van der Waals surface area contributed by atoms with Crippen LogP contribution in [0.4, 0.5) is 4.79 Å². The number of ether oxygens (including phenoxy) is 1. The maximum absolute atomic E-state index is 12.8. The van der Waals surface area contributed by atoms with Crippen LogP contribution in [0.25, 0.3) is 0 Å². The molecule has 3 aromatic rings. The van der Waals surface area contributed by atoms with Crippen LogP contribution in [-0.2, 0) is 26.7 Å². The summed E-state index contributed by atoms with van der Waals surface area (Å²) < 4.78 is 36.4. The van der Waals surface area contributed by atoms with Crippen LogP contribution in [0.1, 0.15) is 43.8 Å². The Labute approximate surface area is 191 Å². The minimum atomic E-state index is -3.95. The number of halogens is 1. The Hall–Kier alpha value is -2.91. The fourth-order valence-corrected chi connectivity index (χ4v) is 4.31. The summed E-state index contributed by atoms with van der Waals surface area (Å²) >= 11 is 6.08. The van der Waals surface area contributed by atoms with Gasteiger partial charge in [0.15, 0.2) is 0 Å². The number of amides is 1. The van der Waals surface area contributed by atoms with Crippen molar-refractivity contribution in [2.24, 2.45) is 0 Å². The minimum absolute atomic E-state index is 0.0440. The Morgan fingerprint density at radius 3 is 2.41 bits per heavy atom. The van der Waals surface area contributed by atoms with Crippen LogP contribution in [0.15, 0.2) is 64.2 Å². The molecule has 0 aliphatic carbocycles. The zero-order chi connectivity index (χ0) is 23.4. The van der Waals surface area contributed by atoms with Gasteiger partial charge in [0.05, 0.1) is 5.75 Å². The van der Waals surface area contributed by atoms with Gasteiger partial charge in [0.25, 0.3) is 0 Å². The smallest absolute Gasteiger partial charge is 0.408 e. The number of nitrogens with one attached hydrogen (secondary N) is 1. The van der Waals surface area contributed by atoms with Gasteiger partial charge in [-0.3, -0.25) is 0 Å². The maximum atomic E-state index is 12.8. The van der Waals surface area contributed by atoms with E-state index in [1.54, 1.807) is 45.0 Å². The highest BCUT2D eigenvalue weighted by Gasteiger charge is 2.29. The predicted molar refractivity (Wildman–Crippen MR) is 119 cm³/mol. The number of carbonyl (C=O) groups excluding carboxylic acids is 1. The highest BCUT2D eigenvalue weighted by atomic mass is 35.5. The molecule has 1 atom stereocenters. The number of nitrogens with zero attached hydrogens (tertiary/aromatic N) is 2. The van der Waals surface area contributed by atoms with Gasteiger partial charge in [-0.05, 0) is 38.0 Å². The highest BCUT2D eigenvalue weighted by molar-refractivity contribution is 7.90. The van der Waals surface area contributed by atoms with Gasteiger partial charge in [-0.25, -0.2) is 13.2 Å². The van der Waals surface area contributed by atoms with Crippen LogP contribution in [0.2, 0.25) is 5.02 Å². The van der Waals surface area contributed by atoms with Crippen LogP contribution in [-0.4, -0.2) is 30.3 Å². The van der Waals surface area contributed by atoms with E-state index in [4.69, 9.17) is 20.8 Å². The number of rotatable bonds is 7. The van der Waals surface area contributed by atoms with Crippen LogP contribution in [0.5, 0.6) is 0 Å². The summed E-state index contributed by atoms with van der Waals surface area (Å²) in [5.74, 6) is -0.436. The Bertz CT molecular complexity index is 1170. The molecule has 0 radical (unpaired) electrons. The first kappa shape index (κ1) is 23.7. The summed E-state index contributed by atoms with van der Waals surface area (Å²) in [6, 6.07) is 15.1. The highest BCUT2D eigenvalue weighted by Crippen LogP contribution is 2.24. The standard InChI is InChI=1S/C22H24ClN3O5S/c1-22(2,3)31-20(27)24-18(13-15-9-5-4-6-10-15)19-25-26-21(30-19)32(28,29)14-16-11-7-8-12-17(16)23/h4-12,18H,13-14H2,1-3H3,(H,24,27)/t18-/m0/s1. The third-order valence-corrected chi connectivity index (χ3v) is 6.02. The second-order valence-electron chi connectivity index (χ2n) is 8.15. The summed E-state index contributed by atoms with van der Waals surface area (Å²) in [6.45, 7) is 5.22. The number of aromatic nitrogens is 2. The van der Waals surface area contributed by atoms with E-state index in [0.717, 1.165) is 5.56 Å². The molecule has 1 heterocycles. The topological polar surface area (TPSA) is 111 Å². The fourth-order valence-electron chi connectivity index (χ4n) is 2.87.